The highest BCUT2D eigenvalue weighted by atomic mass is 79.9. The molecule has 18 heavy (non-hydrogen) atoms. The molecule has 0 heterocycles. The van der Waals surface area contributed by atoms with Crippen molar-refractivity contribution < 1.29 is 4.79 Å². The Labute approximate surface area is 120 Å². The molecule has 0 saturated heterocycles. The molecule has 1 nitrogen and oxygen atoms in total. The van der Waals surface area contributed by atoms with Crippen LogP contribution in [0.4, 0.5) is 0 Å². The largest absolute Gasteiger partial charge is 0.289 e. The van der Waals surface area contributed by atoms with E-state index >= 15 is 0 Å². The highest BCUT2D eigenvalue weighted by Crippen LogP contribution is 2.24. The molecule has 0 aliphatic rings. The molecular formula is C15H12BrClO. The van der Waals surface area contributed by atoms with Crippen LogP contribution in [0.3, 0.4) is 0 Å². The zero-order valence-corrected chi connectivity index (χ0v) is 12.5. The van der Waals surface area contributed by atoms with E-state index in [9.17, 15) is 4.79 Å². The number of benzene rings is 2. The van der Waals surface area contributed by atoms with Gasteiger partial charge in [0, 0.05) is 15.6 Å². The standard InChI is InChI=1S/C15H12BrClO/c1-9-3-4-11(7-10(9)2)15(18)13-8-12(16)5-6-14(13)17/h3-8H,1-2H3. The lowest BCUT2D eigenvalue weighted by molar-refractivity contribution is 0.103. The number of carbonyl (C=O) groups excluding carboxylic acids is 1. The third kappa shape index (κ3) is 2.65. The number of hydrogen-bond acceptors (Lipinski definition) is 1. The molecule has 0 fully saturated rings. The quantitative estimate of drug-likeness (QED) is 0.715. The van der Waals surface area contributed by atoms with Crippen LogP contribution in [-0.2, 0) is 0 Å². The van der Waals surface area contributed by atoms with Crippen LogP contribution in [0.25, 0.3) is 0 Å². The van der Waals surface area contributed by atoms with Gasteiger partial charge >= 0.3 is 0 Å². The van der Waals surface area contributed by atoms with E-state index in [-0.39, 0.29) is 5.78 Å². The van der Waals surface area contributed by atoms with Gasteiger partial charge in [-0.15, -0.1) is 0 Å². The van der Waals surface area contributed by atoms with Gasteiger partial charge in [0.05, 0.1) is 5.02 Å². The van der Waals surface area contributed by atoms with Crippen LogP contribution in [0.2, 0.25) is 5.02 Å². The molecule has 0 bridgehead atoms. The van der Waals surface area contributed by atoms with Crippen LogP contribution >= 0.6 is 27.5 Å². The Morgan fingerprint density at radius 2 is 1.78 bits per heavy atom. The highest BCUT2D eigenvalue weighted by Gasteiger charge is 2.13. The average Bonchev–Trinajstić information content (AvgIpc) is 2.35. The van der Waals surface area contributed by atoms with Crippen molar-refractivity contribution in [1.29, 1.82) is 0 Å². The van der Waals surface area contributed by atoms with Crippen LogP contribution < -0.4 is 0 Å². The number of aryl methyl sites for hydroxylation is 2. The molecule has 3 heteroatoms. The summed E-state index contributed by atoms with van der Waals surface area (Å²) < 4.78 is 0.846. The molecule has 2 aromatic rings. The van der Waals surface area contributed by atoms with Crippen molar-refractivity contribution in [3.05, 3.63) is 68.1 Å². The first-order valence-corrected chi connectivity index (χ1v) is 6.73. The van der Waals surface area contributed by atoms with Crippen molar-refractivity contribution in [2.45, 2.75) is 13.8 Å². The van der Waals surface area contributed by atoms with E-state index < -0.39 is 0 Å². The van der Waals surface area contributed by atoms with Gasteiger partial charge in [-0.05, 0) is 49.2 Å². The van der Waals surface area contributed by atoms with Gasteiger partial charge in [-0.1, -0.05) is 39.7 Å². The lowest BCUT2D eigenvalue weighted by Gasteiger charge is -2.07. The molecule has 0 atom stereocenters. The molecular weight excluding hydrogens is 312 g/mol. The van der Waals surface area contributed by atoms with Gasteiger partial charge in [0.25, 0.3) is 0 Å². The normalized spacial score (nSPS) is 10.4. The number of hydrogen-bond donors (Lipinski definition) is 0. The minimum Gasteiger partial charge on any atom is -0.289 e. The van der Waals surface area contributed by atoms with Crippen molar-refractivity contribution >= 4 is 33.3 Å². The second kappa shape index (κ2) is 5.25. The summed E-state index contributed by atoms with van der Waals surface area (Å²) >= 11 is 9.42. The van der Waals surface area contributed by atoms with E-state index in [4.69, 9.17) is 11.6 Å². The van der Waals surface area contributed by atoms with Gasteiger partial charge in [-0.25, -0.2) is 0 Å². The molecule has 0 aliphatic heterocycles. The summed E-state index contributed by atoms with van der Waals surface area (Å²) in [4.78, 5) is 12.4. The van der Waals surface area contributed by atoms with E-state index in [1.807, 2.05) is 38.1 Å². The molecule has 0 radical (unpaired) electrons. The molecule has 92 valence electrons. The van der Waals surface area contributed by atoms with Gasteiger partial charge in [0.15, 0.2) is 5.78 Å². The summed E-state index contributed by atoms with van der Waals surface area (Å²) in [5.74, 6) is -0.0515. The number of rotatable bonds is 2. The minimum atomic E-state index is -0.0515. The van der Waals surface area contributed by atoms with Gasteiger partial charge in [-0.3, -0.25) is 4.79 Å². The molecule has 0 aliphatic carbocycles. The molecule has 0 N–H and O–H groups in total. The van der Waals surface area contributed by atoms with Crippen LogP contribution in [0.5, 0.6) is 0 Å². The molecule has 0 spiro atoms. The van der Waals surface area contributed by atoms with Crippen LogP contribution in [0.1, 0.15) is 27.0 Å². The monoisotopic (exact) mass is 322 g/mol. The maximum Gasteiger partial charge on any atom is 0.194 e. The second-order valence-corrected chi connectivity index (χ2v) is 5.58. The maximum atomic E-state index is 12.4. The van der Waals surface area contributed by atoms with Gasteiger partial charge in [0.1, 0.15) is 0 Å². The Morgan fingerprint density at radius 1 is 1.06 bits per heavy atom. The topological polar surface area (TPSA) is 17.1 Å². The van der Waals surface area contributed by atoms with Crippen LogP contribution in [0.15, 0.2) is 40.9 Å². The summed E-state index contributed by atoms with van der Waals surface area (Å²) in [6, 6.07) is 11.0. The third-order valence-electron chi connectivity index (χ3n) is 2.94. The summed E-state index contributed by atoms with van der Waals surface area (Å²) in [5.41, 5.74) is 3.46. The Bertz CT molecular complexity index is 620. The zero-order valence-electron chi connectivity index (χ0n) is 10.1. The van der Waals surface area contributed by atoms with Crippen LogP contribution in [-0.4, -0.2) is 5.78 Å². The first-order chi connectivity index (χ1) is 8.49. The number of halogens is 2. The van der Waals surface area contributed by atoms with Crippen molar-refractivity contribution in [3.63, 3.8) is 0 Å². The van der Waals surface area contributed by atoms with Gasteiger partial charge < -0.3 is 0 Å². The van der Waals surface area contributed by atoms with E-state index in [1.165, 1.54) is 5.56 Å². The first-order valence-electron chi connectivity index (χ1n) is 5.56. The fraction of sp³-hybridized carbons (Fsp3) is 0.133. The first kappa shape index (κ1) is 13.3. The van der Waals surface area contributed by atoms with Crippen molar-refractivity contribution in [3.8, 4) is 0 Å². The smallest absolute Gasteiger partial charge is 0.194 e. The summed E-state index contributed by atoms with van der Waals surface area (Å²) in [5, 5.41) is 0.474. The predicted octanol–water partition coefficient (Wildman–Crippen LogP) is 4.95. The van der Waals surface area contributed by atoms with Crippen molar-refractivity contribution in [2.24, 2.45) is 0 Å². The average molecular weight is 324 g/mol. The highest BCUT2D eigenvalue weighted by molar-refractivity contribution is 9.10. The molecule has 0 unspecified atom stereocenters. The third-order valence-corrected chi connectivity index (χ3v) is 3.76. The molecule has 2 aromatic carbocycles. The maximum absolute atomic E-state index is 12.4. The van der Waals surface area contributed by atoms with E-state index in [1.54, 1.807) is 12.1 Å². The van der Waals surface area contributed by atoms with Gasteiger partial charge in [0.2, 0.25) is 0 Å². The molecule has 0 amide bonds. The summed E-state index contributed by atoms with van der Waals surface area (Å²) in [7, 11) is 0. The van der Waals surface area contributed by atoms with E-state index in [0.717, 1.165) is 10.0 Å². The molecule has 0 aromatic heterocycles. The lowest BCUT2D eigenvalue weighted by atomic mass is 9.99. The number of ketones is 1. The zero-order chi connectivity index (χ0) is 13.3. The Hall–Kier alpha value is -1.12. The fourth-order valence-electron chi connectivity index (χ4n) is 1.71. The SMILES string of the molecule is Cc1ccc(C(=O)c2cc(Br)ccc2Cl)cc1C. The Kier molecular flexibility index (Phi) is 3.88. The Morgan fingerprint density at radius 3 is 2.44 bits per heavy atom. The summed E-state index contributed by atoms with van der Waals surface area (Å²) in [6.45, 7) is 4.02. The van der Waals surface area contributed by atoms with E-state index in [0.29, 0.717) is 16.1 Å². The molecule has 2 rings (SSSR count). The lowest BCUT2D eigenvalue weighted by Crippen LogP contribution is -2.03. The van der Waals surface area contributed by atoms with E-state index in [2.05, 4.69) is 15.9 Å². The Balaban J connectivity index is 2.47. The summed E-state index contributed by atoms with van der Waals surface area (Å²) in [6.07, 6.45) is 0. The fourth-order valence-corrected chi connectivity index (χ4v) is 2.27. The predicted molar refractivity (Wildman–Crippen MR) is 78.5 cm³/mol. The molecule has 0 saturated carbocycles. The van der Waals surface area contributed by atoms with Crippen molar-refractivity contribution in [2.75, 3.05) is 0 Å². The van der Waals surface area contributed by atoms with Crippen molar-refractivity contribution in [1.82, 2.24) is 0 Å². The number of carbonyl (C=O) groups is 1. The van der Waals surface area contributed by atoms with Crippen LogP contribution in [0, 0.1) is 13.8 Å². The minimum absolute atomic E-state index is 0.0515. The second-order valence-electron chi connectivity index (χ2n) is 4.25. The van der Waals surface area contributed by atoms with Gasteiger partial charge in [-0.2, -0.15) is 0 Å².